The molecule has 0 spiro atoms. The van der Waals surface area contributed by atoms with E-state index in [0.29, 0.717) is 6.42 Å². The van der Waals surface area contributed by atoms with E-state index in [2.05, 4.69) is 9.73 Å². The first-order valence-electron chi connectivity index (χ1n) is 3.88. The number of hydrogen-bond donors (Lipinski definition) is 2. The molecule has 14 heavy (non-hydrogen) atoms. The van der Waals surface area contributed by atoms with Gasteiger partial charge in [0, 0.05) is 0 Å². The van der Waals surface area contributed by atoms with Gasteiger partial charge in [-0.05, 0) is 6.42 Å². The summed E-state index contributed by atoms with van der Waals surface area (Å²) < 4.78 is 4.52. The van der Waals surface area contributed by atoms with Crippen LogP contribution in [0.5, 0.6) is 0 Å². The van der Waals surface area contributed by atoms with Gasteiger partial charge in [-0.15, -0.1) is 0 Å². The molecule has 1 unspecified atom stereocenters. The number of aliphatic imine (C=N–C) groups is 1. The van der Waals surface area contributed by atoms with Gasteiger partial charge in [-0.25, -0.2) is 4.79 Å². The average Bonchev–Trinajstić information content (AvgIpc) is 2.09. The highest BCUT2D eigenvalue weighted by molar-refractivity contribution is 5.81. The van der Waals surface area contributed by atoms with Crippen molar-refractivity contribution in [3.05, 3.63) is 10.1 Å². The molecule has 8 heteroatoms. The van der Waals surface area contributed by atoms with E-state index in [9.17, 15) is 14.9 Å². The van der Waals surface area contributed by atoms with Crippen LogP contribution in [0, 0.1) is 10.1 Å². The second-order valence-electron chi connectivity index (χ2n) is 2.38. The molecule has 8 nitrogen and oxygen atoms in total. The molecule has 0 rings (SSSR count). The third-order valence-corrected chi connectivity index (χ3v) is 1.13. The van der Waals surface area contributed by atoms with Gasteiger partial charge in [-0.3, -0.25) is 10.1 Å². The highest BCUT2D eigenvalue weighted by atomic mass is 16.6. The SMILES string of the molecule is CCCOC(=O)C(N=C(N)N)[N+](=O)[O-]. The van der Waals surface area contributed by atoms with Crippen LogP contribution in [0.1, 0.15) is 13.3 Å². The standard InChI is InChI=1S/C6H12N4O4/c1-2-3-14-5(11)4(10(12)13)9-6(7)8/h4H,2-3H2,1H3,(H4,7,8,9). The first-order chi connectivity index (χ1) is 6.49. The molecule has 0 amide bonds. The van der Waals surface area contributed by atoms with Crippen molar-refractivity contribution in [2.75, 3.05) is 6.61 Å². The molecule has 0 aliphatic heterocycles. The van der Waals surface area contributed by atoms with Crippen molar-refractivity contribution in [2.45, 2.75) is 19.5 Å². The van der Waals surface area contributed by atoms with E-state index in [0.717, 1.165) is 0 Å². The maximum Gasteiger partial charge on any atom is 0.406 e. The maximum atomic E-state index is 11.0. The Labute approximate surface area is 80.1 Å². The molecule has 0 aromatic heterocycles. The number of esters is 1. The zero-order chi connectivity index (χ0) is 11.1. The van der Waals surface area contributed by atoms with E-state index in [1.165, 1.54) is 0 Å². The van der Waals surface area contributed by atoms with E-state index in [1.54, 1.807) is 6.92 Å². The highest BCUT2D eigenvalue weighted by Crippen LogP contribution is 1.96. The van der Waals surface area contributed by atoms with E-state index >= 15 is 0 Å². The number of carbonyl (C=O) groups excluding carboxylic acids is 1. The number of nitro groups is 1. The first kappa shape index (κ1) is 12.1. The largest absolute Gasteiger partial charge is 0.459 e. The van der Waals surface area contributed by atoms with Crippen molar-refractivity contribution in [3.63, 3.8) is 0 Å². The zero-order valence-electron chi connectivity index (χ0n) is 7.67. The van der Waals surface area contributed by atoms with Crippen LogP contribution in [0.25, 0.3) is 0 Å². The van der Waals surface area contributed by atoms with Crippen LogP contribution >= 0.6 is 0 Å². The van der Waals surface area contributed by atoms with Gasteiger partial charge in [0.1, 0.15) is 0 Å². The van der Waals surface area contributed by atoms with Gasteiger partial charge >= 0.3 is 12.1 Å². The Morgan fingerprint density at radius 3 is 2.57 bits per heavy atom. The second-order valence-corrected chi connectivity index (χ2v) is 2.38. The summed E-state index contributed by atoms with van der Waals surface area (Å²) in [5.41, 5.74) is 9.83. The number of rotatable bonds is 5. The smallest absolute Gasteiger partial charge is 0.406 e. The lowest BCUT2D eigenvalue weighted by atomic mass is 10.5. The van der Waals surface area contributed by atoms with Crippen molar-refractivity contribution >= 4 is 11.9 Å². The Morgan fingerprint density at radius 2 is 2.21 bits per heavy atom. The molecule has 0 aromatic carbocycles. The van der Waals surface area contributed by atoms with Gasteiger partial charge in [-0.2, -0.15) is 4.99 Å². The van der Waals surface area contributed by atoms with Crippen molar-refractivity contribution in [2.24, 2.45) is 16.5 Å². The van der Waals surface area contributed by atoms with E-state index < -0.39 is 23.0 Å². The fraction of sp³-hybridized carbons (Fsp3) is 0.667. The van der Waals surface area contributed by atoms with Crippen molar-refractivity contribution in [1.29, 1.82) is 0 Å². The fourth-order valence-corrected chi connectivity index (χ4v) is 0.604. The van der Waals surface area contributed by atoms with Crippen LogP contribution in [-0.4, -0.2) is 29.6 Å². The van der Waals surface area contributed by atoms with Crippen LogP contribution in [0.15, 0.2) is 4.99 Å². The molecule has 0 bridgehead atoms. The molecule has 0 heterocycles. The van der Waals surface area contributed by atoms with Gasteiger partial charge in [0.2, 0.25) is 0 Å². The number of ether oxygens (including phenoxy) is 1. The third-order valence-electron chi connectivity index (χ3n) is 1.13. The number of guanidine groups is 1. The Balaban J connectivity index is 4.43. The molecule has 0 radical (unpaired) electrons. The second kappa shape index (κ2) is 5.73. The van der Waals surface area contributed by atoms with Crippen LogP contribution in [0.3, 0.4) is 0 Å². The Kier molecular flexibility index (Phi) is 4.97. The molecule has 4 N–H and O–H groups in total. The van der Waals surface area contributed by atoms with Gasteiger partial charge < -0.3 is 16.2 Å². The predicted octanol–water partition coefficient (Wildman–Crippen LogP) is -1.18. The molecule has 80 valence electrons. The normalized spacial score (nSPS) is 11.5. The number of nitrogens with zero attached hydrogens (tertiary/aromatic N) is 2. The summed E-state index contributed by atoms with van der Waals surface area (Å²) in [5, 5.41) is 10.3. The lowest BCUT2D eigenvalue weighted by Gasteiger charge is -2.04. The molecule has 0 saturated heterocycles. The first-order valence-corrected chi connectivity index (χ1v) is 3.88. The van der Waals surface area contributed by atoms with Gasteiger partial charge in [0.15, 0.2) is 5.96 Å². The fourth-order valence-electron chi connectivity index (χ4n) is 0.604. The molecule has 0 saturated carbocycles. The topological polar surface area (TPSA) is 134 Å². The molecule has 0 aliphatic rings. The molecule has 1 atom stereocenters. The third kappa shape index (κ3) is 4.24. The van der Waals surface area contributed by atoms with Gasteiger partial charge in [0.05, 0.1) is 11.5 Å². The summed E-state index contributed by atoms with van der Waals surface area (Å²) in [5.74, 6) is -1.59. The molecule has 0 aromatic rings. The number of hydrogen-bond acceptors (Lipinski definition) is 5. The van der Waals surface area contributed by atoms with Crippen LogP contribution < -0.4 is 11.5 Å². The van der Waals surface area contributed by atoms with Crippen LogP contribution in [0.2, 0.25) is 0 Å². The lowest BCUT2D eigenvalue weighted by molar-refractivity contribution is -0.508. The summed E-state index contributed by atoms with van der Waals surface area (Å²) >= 11 is 0. The number of carbonyl (C=O) groups is 1. The van der Waals surface area contributed by atoms with Crippen molar-refractivity contribution in [3.8, 4) is 0 Å². The minimum absolute atomic E-state index is 0.100. The molecule has 0 fully saturated rings. The van der Waals surface area contributed by atoms with Crippen molar-refractivity contribution < 1.29 is 14.5 Å². The van der Waals surface area contributed by atoms with Gasteiger partial charge in [0.25, 0.3) is 0 Å². The van der Waals surface area contributed by atoms with Crippen LogP contribution in [-0.2, 0) is 9.53 Å². The Hall–Kier alpha value is -1.86. The summed E-state index contributed by atoms with van der Waals surface area (Å²) in [6.45, 7) is 1.86. The van der Waals surface area contributed by atoms with Gasteiger partial charge in [-0.1, -0.05) is 6.92 Å². The van der Waals surface area contributed by atoms with E-state index in [-0.39, 0.29) is 6.61 Å². The minimum Gasteiger partial charge on any atom is -0.459 e. The minimum atomic E-state index is -1.87. The summed E-state index contributed by atoms with van der Waals surface area (Å²) in [6.07, 6.45) is -1.30. The summed E-state index contributed by atoms with van der Waals surface area (Å²) in [7, 11) is 0. The van der Waals surface area contributed by atoms with Crippen molar-refractivity contribution in [1.82, 2.24) is 0 Å². The summed E-state index contributed by atoms with van der Waals surface area (Å²) in [4.78, 5) is 23.5. The predicted molar refractivity (Wildman–Crippen MR) is 47.8 cm³/mol. The number of nitrogens with two attached hydrogens (primary N) is 2. The molecular weight excluding hydrogens is 192 g/mol. The quantitative estimate of drug-likeness (QED) is 0.190. The molecule has 0 aliphatic carbocycles. The zero-order valence-corrected chi connectivity index (χ0v) is 7.67. The van der Waals surface area contributed by atoms with Crippen LogP contribution in [0.4, 0.5) is 0 Å². The monoisotopic (exact) mass is 204 g/mol. The maximum absolute atomic E-state index is 11.0. The van der Waals surface area contributed by atoms with E-state index in [4.69, 9.17) is 11.5 Å². The van der Waals surface area contributed by atoms with E-state index in [1.807, 2.05) is 0 Å². The Morgan fingerprint density at radius 1 is 1.64 bits per heavy atom. The summed E-state index contributed by atoms with van der Waals surface area (Å²) in [6, 6.07) is 0. The molecular formula is C6H12N4O4. The lowest BCUT2D eigenvalue weighted by Crippen LogP contribution is -2.34. The average molecular weight is 204 g/mol. The Bertz CT molecular complexity index is 248. The highest BCUT2D eigenvalue weighted by Gasteiger charge is 2.30.